The summed E-state index contributed by atoms with van der Waals surface area (Å²) in [5.41, 5.74) is 6.48. The summed E-state index contributed by atoms with van der Waals surface area (Å²) in [6, 6.07) is 12.6. The molecule has 0 unspecified atom stereocenters. The number of nitrogens with zero attached hydrogens (tertiary/aromatic N) is 3. The first kappa shape index (κ1) is 25.7. The Morgan fingerprint density at radius 1 is 1.13 bits per heavy atom. The van der Waals surface area contributed by atoms with E-state index in [9.17, 15) is 10.1 Å². The fraction of sp³-hybridized carbons (Fsp3) is 0.455. The second-order valence-corrected chi connectivity index (χ2v) is 12.1. The first-order valence-corrected chi connectivity index (χ1v) is 14.1. The predicted molar refractivity (Wildman–Crippen MR) is 154 cm³/mol. The number of anilines is 1. The highest BCUT2D eigenvalue weighted by atomic mass is 16.5. The predicted octanol–water partition coefficient (Wildman–Crippen LogP) is 5.22. The zero-order valence-electron chi connectivity index (χ0n) is 23.4. The van der Waals surface area contributed by atoms with E-state index in [0.717, 1.165) is 96.8 Å². The van der Waals surface area contributed by atoms with Gasteiger partial charge in [-0.25, -0.2) is 0 Å². The maximum Gasteiger partial charge on any atom is 0.195 e. The molecule has 0 radical (unpaired) electrons. The Morgan fingerprint density at radius 2 is 1.90 bits per heavy atom. The smallest absolute Gasteiger partial charge is 0.195 e. The van der Waals surface area contributed by atoms with Gasteiger partial charge in [-0.15, -0.1) is 0 Å². The van der Waals surface area contributed by atoms with Crippen LogP contribution >= 0.6 is 0 Å². The van der Waals surface area contributed by atoms with Crippen LogP contribution in [0, 0.1) is 29.1 Å². The number of hydrogen-bond donors (Lipinski definition) is 1. The van der Waals surface area contributed by atoms with E-state index in [2.05, 4.69) is 72.5 Å². The number of carbonyl (C=O) groups is 1. The van der Waals surface area contributed by atoms with Crippen LogP contribution in [0.3, 0.4) is 0 Å². The maximum atomic E-state index is 14.1. The number of carbonyl (C=O) groups excluding carboxylic acids is 1. The summed E-state index contributed by atoms with van der Waals surface area (Å²) in [7, 11) is 0. The number of aromatic nitrogens is 1. The van der Waals surface area contributed by atoms with Gasteiger partial charge in [-0.3, -0.25) is 9.69 Å². The molecule has 3 aliphatic rings. The molecule has 2 fully saturated rings. The molecule has 1 aromatic heterocycles. The molecule has 6 rings (SSSR count). The van der Waals surface area contributed by atoms with E-state index >= 15 is 0 Å². The van der Waals surface area contributed by atoms with E-state index in [1.54, 1.807) is 6.07 Å². The van der Waals surface area contributed by atoms with Crippen LogP contribution in [0.5, 0.6) is 0 Å². The molecule has 6 nitrogen and oxygen atoms in total. The summed E-state index contributed by atoms with van der Waals surface area (Å²) < 4.78 is 5.42. The molecular weight excluding hydrogens is 484 g/mol. The molecule has 2 aliphatic heterocycles. The number of nitriles is 1. The summed E-state index contributed by atoms with van der Waals surface area (Å²) in [6.07, 6.45) is 1.90. The van der Waals surface area contributed by atoms with Gasteiger partial charge in [0.05, 0.1) is 42.1 Å². The number of ether oxygens (including phenoxy) is 1. The van der Waals surface area contributed by atoms with Crippen LogP contribution in [0.4, 0.5) is 5.69 Å². The van der Waals surface area contributed by atoms with E-state index in [1.165, 1.54) is 0 Å². The lowest BCUT2D eigenvalue weighted by Crippen LogP contribution is -2.56. The van der Waals surface area contributed by atoms with Gasteiger partial charge in [0.2, 0.25) is 0 Å². The first-order valence-electron chi connectivity index (χ1n) is 14.1. The molecule has 200 valence electrons. The van der Waals surface area contributed by atoms with Gasteiger partial charge in [-0.05, 0) is 42.2 Å². The second-order valence-electron chi connectivity index (χ2n) is 12.1. The molecule has 6 heteroatoms. The largest absolute Gasteiger partial charge is 0.378 e. The molecule has 0 atom stereocenters. The van der Waals surface area contributed by atoms with Crippen molar-refractivity contribution in [2.24, 2.45) is 5.92 Å². The molecule has 2 saturated heterocycles. The SMILES string of the molecule is CC(C)CCC#Cc1cc2c(cc1N1CCN(C3COC3)CC1)C(C)(C)c1[nH]c3cc(C#N)ccc3c1C2=O. The minimum absolute atomic E-state index is 0.0295. The number of H-pyrrole nitrogens is 1. The van der Waals surface area contributed by atoms with Crippen molar-refractivity contribution in [1.82, 2.24) is 9.88 Å². The van der Waals surface area contributed by atoms with Crippen molar-refractivity contribution in [1.29, 1.82) is 5.26 Å². The minimum Gasteiger partial charge on any atom is -0.378 e. The van der Waals surface area contributed by atoms with Crippen LogP contribution in [0.25, 0.3) is 10.9 Å². The van der Waals surface area contributed by atoms with Crippen molar-refractivity contribution in [2.75, 3.05) is 44.3 Å². The van der Waals surface area contributed by atoms with Gasteiger partial charge in [0, 0.05) is 65.7 Å². The number of aromatic amines is 1. The number of benzene rings is 2. The van der Waals surface area contributed by atoms with Crippen molar-refractivity contribution in [3.63, 3.8) is 0 Å². The quantitative estimate of drug-likeness (QED) is 0.478. The second kappa shape index (κ2) is 9.87. The van der Waals surface area contributed by atoms with Crippen LogP contribution in [-0.4, -0.2) is 61.1 Å². The third kappa shape index (κ3) is 4.42. The van der Waals surface area contributed by atoms with Crippen molar-refractivity contribution >= 4 is 22.4 Å². The molecule has 39 heavy (non-hydrogen) atoms. The van der Waals surface area contributed by atoms with Gasteiger partial charge in [0.25, 0.3) is 0 Å². The average Bonchev–Trinajstić information content (AvgIpc) is 3.29. The summed E-state index contributed by atoms with van der Waals surface area (Å²) in [4.78, 5) is 22.6. The number of nitrogens with one attached hydrogen (secondary N) is 1. The Morgan fingerprint density at radius 3 is 2.56 bits per heavy atom. The summed E-state index contributed by atoms with van der Waals surface area (Å²) in [6.45, 7) is 14.3. The third-order valence-electron chi connectivity index (χ3n) is 8.70. The van der Waals surface area contributed by atoms with Crippen LogP contribution in [-0.2, 0) is 10.2 Å². The molecule has 2 aromatic carbocycles. The first-order chi connectivity index (χ1) is 18.8. The number of ketones is 1. The molecule has 0 spiro atoms. The van der Waals surface area contributed by atoms with Crippen LogP contribution in [0.2, 0.25) is 0 Å². The fourth-order valence-corrected chi connectivity index (χ4v) is 6.18. The van der Waals surface area contributed by atoms with E-state index < -0.39 is 5.41 Å². The standard InChI is InChI=1S/C33H36N4O2/c1-21(2)7-5-6-8-23-16-26-27(17-29(23)37-13-11-36(12-14-37)24-19-39-20-24)33(3,4)32-30(31(26)38)25-10-9-22(18-34)15-28(25)35-32/h9-10,15-17,21,24,35H,5,7,11-14,19-20H2,1-4H3. The Bertz CT molecular complexity index is 1550. The molecule has 0 bridgehead atoms. The topological polar surface area (TPSA) is 72.4 Å². The van der Waals surface area contributed by atoms with E-state index in [-0.39, 0.29) is 5.78 Å². The molecule has 0 saturated carbocycles. The third-order valence-corrected chi connectivity index (χ3v) is 8.70. The number of fused-ring (bicyclic) bond motifs is 4. The Kier molecular flexibility index (Phi) is 6.50. The Hall–Kier alpha value is -3.58. The molecule has 1 aliphatic carbocycles. The van der Waals surface area contributed by atoms with Crippen LogP contribution < -0.4 is 4.90 Å². The van der Waals surface area contributed by atoms with Crippen molar-refractivity contribution in [3.8, 4) is 17.9 Å². The molecular formula is C33H36N4O2. The highest BCUT2D eigenvalue weighted by Crippen LogP contribution is 2.45. The summed E-state index contributed by atoms with van der Waals surface area (Å²) in [5.74, 6) is 7.51. The van der Waals surface area contributed by atoms with Crippen molar-refractivity contribution < 1.29 is 9.53 Å². The van der Waals surface area contributed by atoms with Gasteiger partial charge in [0.1, 0.15) is 0 Å². The molecule has 1 N–H and O–H groups in total. The van der Waals surface area contributed by atoms with E-state index in [0.29, 0.717) is 17.5 Å². The fourth-order valence-electron chi connectivity index (χ4n) is 6.18. The summed E-state index contributed by atoms with van der Waals surface area (Å²) in [5, 5.41) is 10.3. The summed E-state index contributed by atoms with van der Waals surface area (Å²) >= 11 is 0. The Balaban J connectivity index is 1.43. The lowest BCUT2D eigenvalue weighted by Gasteiger charge is -2.43. The number of rotatable bonds is 4. The van der Waals surface area contributed by atoms with Crippen molar-refractivity contribution in [2.45, 2.75) is 52.0 Å². The highest BCUT2D eigenvalue weighted by Gasteiger charge is 2.41. The number of hydrogen-bond acceptors (Lipinski definition) is 5. The zero-order valence-corrected chi connectivity index (χ0v) is 23.4. The molecule has 0 amide bonds. The van der Waals surface area contributed by atoms with Gasteiger partial charge in [-0.1, -0.05) is 45.6 Å². The van der Waals surface area contributed by atoms with E-state index in [1.807, 2.05) is 12.1 Å². The molecule has 3 aromatic rings. The van der Waals surface area contributed by atoms with Gasteiger partial charge in [0.15, 0.2) is 5.78 Å². The number of piperazine rings is 1. The monoisotopic (exact) mass is 520 g/mol. The van der Waals surface area contributed by atoms with Crippen molar-refractivity contribution in [3.05, 3.63) is 63.8 Å². The lowest BCUT2D eigenvalue weighted by atomic mass is 9.70. The maximum absolute atomic E-state index is 14.1. The van der Waals surface area contributed by atoms with Gasteiger partial charge < -0.3 is 14.6 Å². The van der Waals surface area contributed by atoms with Crippen LogP contribution in [0.15, 0.2) is 30.3 Å². The molecule has 3 heterocycles. The highest BCUT2D eigenvalue weighted by molar-refractivity contribution is 6.20. The van der Waals surface area contributed by atoms with Gasteiger partial charge in [-0.2, -0.15) is 5.26 Å². The average molecular weight is 521 g/mol. The van der Waals surface area contributed by atoms with Gasteiger partial charge >= 0.3 is 0 Å². The normalized spacial score (nSPS) is 18.8. The lowest BCUT2D eigenvalue weighted by molar-refractivity contribution is -0.0660. The van der Waals surface area contributed by atoms with E-state index in [4.69, 9.17) is 4.74 Å². The Labute approximate surface area is 230 Å². The van der Waals surface area contributed by atoms with Crippen LogP contribution in [0.1, 0.15) is 78.8 Å². The minimum atomic E-state index is -0.409. The zero-order chi connectivity index (χ0) is 27.3.